The van der Waals surface area contributed by atoms with E-state index in [1.807, 2.05) is 39.8 Å². The second-order valence-electron chi connectivity index (χ2n) is 6.04. The molecule has 0 aliphatic rings. The van der Waals surface area contributed by atoms with E-state index >= 15 is 0 Å². The molecule has 112 valence electrons. The molecule has 0 spiro atoms. The predicted molar refractivity (Wildman–Crippen MR) is 85.3 cm³/mol. The molecule has 2 rings (SSSR count). The lowest BCUT2D eigenvalue weighted by Crippen LogP contribution is -2.27. The summed E-state index contributed by atoms with van der Waals surface area (Å²) < 4.78 is 0. The normalized spacial score (nSPS) is 11.1. The molecule has 1 amide bonds. The third-order valence-corrected chi connectivity index (χ3v) is 3.46. The van der Waals surface area contributed by atoms with Crippen LogP contribution in [0.15, 0.2) is 23.0 Å². The topological polar surface area (TPSA) is 62.0 Å². The first kappa shape index (κ1) is 15.3. The number of aromatic nitrogens is 1. The van der Waals surface area contributed by atoms with Gasteiger partial charge in [0.2, 0.25) is 5.91 Å². The smallest absolute Gasteiger partial charge is 0.253 e. The number of aryl methyl sites for hydroxylation is 2. The first-order chi connectivity index (χ1) is 9.86. The number of nitrogens with one attached hydrogen (secondary N) is 2. The fourth-order valence-corrected chi connectivity index (χ4v) is 2.48. The first-order valence-corrected chi connectivity index (χ1v) is 7.26. The summed E-state index contributed by atoms with van der Waals surface area (Å²) in [6, 6.07) is 5.92. The van der Waals surface area contributed by atoms with Crippen LogP contribution in [0.3, 0.4) is 0 Å². The molecule has 4 heteroatoms. The molecular weight excluding hydrogens is 264 g/mol. The van der Waals surface area contributed by atoms with Crippen LogP contribution in [0.2, 0.25) is 0 Å². The van der Waals surface area contributed by atoms with Gasteiger partial charge in [-0.25, -0.2) is 0 Å². The molecule has 0 aliphatic heterocycles. The lowest BCUT2D eigenvalue weighted by atomic mass is 10.0. The number of carbonyl (C=O) groups excluding carboxylic acids is 1. The number of H-pyrrole nitrogens is 1. The highest BCUT2D eigenvalue weighted by atomic mass is 16.1. The van der Waals surface area contributed by atoms with Crippen LogP contribution >= 0.6 is 0 Å². The number of hydrogen-bond acceptors (Lipinski definition) is 2. The average molecular weight is 286 g/mol. The number of aromatic amines is 1. The van der Waals surface area contributed by atoms with Crippen molar-refractivity contribution in [2.75, 3.05) is 0 Å². The molecule has 0 radical (unpaired) electrons. The van der Waals surface area contributed by atoms with Gasteiger partial charge in [0.15, 0.2) is 0 Å². The average Bonchev–Trinajstić information content (AvgIpc) is 2.35. The number of carbonyl (C=O) groups is 1. The fraction of sp³-hybridized carbons (Fsp3) is 0.412. The van der Waals surface area contributed by atoms with Gasteiger partial charge >= 0.3 is 0 Å². The van der Waals surface area contributed by atoms with Crippen molar-refractivity contribution in [3.63, 3.8) is 0 Å². The van der Waals surface area contributed by atoms with Gasteiger partial charge in [-0.2, -0.15) is 0 Å². The molecule has 1 aromatic heterocycles. The molecule has 0 bridgehead atoms. The Morgan fingerprint density at radius 1 is 1.24 bits per heavy atom. The number of pyridine rings is 1. The number of rotatable bonds is 4. The Kier molecular flexibility index (Phi) is 4.46. The van der Waals surface area contributed by atoms with E-state index in [2.05, 4.69) is 16.4 Å². The zero-order valence-corrected chi connectivity index (χ0v) is 13.0. The van der Waals surface area contributed by atoms with E-state index in [0.717, 1.165) is 22.0 Å². The fourth-order valence-electron chi connectivity index (χ4n) is 2.48. The van der Waals surface area contributed by atoms with Crippen LogP contribution in [0.4, 0.5) is 0 Å². The van der Waals surface area contributed by atoms with Crippen molar-refractivity contribution in [3.8, 4) is 0 Å². The summed E-state index contributed by atoms with van der Waals surface area (Å²) in [5.74, 6) is 0.287. The molecule has 2 aromatic rings. The largest absolute Gasteiger partial charge is 0.352 e. The van der Waals surface area contributed by atoms with E-state index in [9.17, 15) is 9.59 Å². The van der Waals surface area contributed by atoms with Gasteiger partial charge in [0.1, 0.15) is 0 Å². The number of fused-ring (bicyclic) bond motifs is 1. The van der Waals surface area contributed by atoms with Gasteiger partial charge in [-0.3, -0.25) is 9.59 Å². The lowest BCUT2D eigenvalue weighted by molar-refractivity contribution is -0.121. The van der Waals surface area contributed by atoms with Crippen molar-refractivity contribution in [2.45, 2.75) is 40.7 Å². The van der Waals surface area contributed by atoms with Gasteiger partial charge in [0, 0.05) is 29.4 Å². The second kappa shape index (κ2) is 6.12. The Bertz CT molecular complexity index is 729. The number of hydrogen-bond donors (Lipinski definition) is 2. The number of benzene rings is 1. The zero-order chi connectivity index (χ0) is 15.6. The molecule has 0 saturated carbocycles. The minimum atomic E-state index is -0.141. The van der Waals surface area contributed by atoms with Crippen LogP contribution in [-0.2, 0) is 11.3 Å². The van der Waals surface area contributed by atoms with Gasteiger partial charge in [-0.15, -0.1) is 0 Å². The Labute approximate surface area is 124 Å². The van der Waals surface area contributed by atoms with Gasteiger partial charge in [-0.1, -0.05) is 19.9 Å². The maximum atomic E-state index is 12.1. The van der Waals surface area contributed by atoms with E-state index < -0.39 is 0 Å². The summed E-state index contributed by atoms with van der Waals surface area (Å²) in [5.41, 5.74) is 3.53. The summed E-state index contributed by atoms with van der Waals surface area (Å²) >= 11 is 0. The highest BCUT2D eigenvalue weighted by molar-refractivity contribution is 5.83. The standard InChI is InChI=1S/C17H22N2O2/c1-10(2)5-16(20)18-9-13-8-14-12(4)6-11(3)7-15(14)19-17(13)21/h6-8,10H,5,9H2,1-4H3,(H,18,20)(H,19,21). The number of amides is 1. The highest BCUT2D eigenvalue weighted by Gasteiger charge is 2.08. The van der Waals surface area contributed by atoms with Crippen LogP contribution in [0.5, 0.6) is 0 Å². The Morgan fingerprint density at radius 2 is 1.95 bits per heavy atom. The van der Waals surface area contributed by atoms with Gasteiger partial charge in [0.05, 0.1) is 0 Å². The molecule has 0 saturated heterocycles. The molecule has 4 nitrogen and oxygen atoms in total. The van der Waals surface area contributed by atoms with E-state index in [4.69, 9.17) is 0 Å². The molecule has 0 fully saturated rings. The maximum Gasteiger partial charge on any atom is 0.253 e. The Hall–Kier alpha value is -2.10. The third kappa shape index (κ3) is 3.72. The maximum absolute atomic E-state index is 12.1. The summed E-state index contributed by atoms with van der Waals surface area (Å²) in [7, 11) is 0. The minimum Gasteiger partial charge on any atom is -0.352 e. The van der Waals surface area contributed by atoms with Crippen LogP contribution in [0.1, 0.15) is 37.0 Å². The quantitative estimate of drug-likeness (QED) is 0.908. The minimum absolute atomic E-state index is 0.0230. The van der Waals surface area contributed by atoms with Crippen LogP contribution in [0, 0.1) is 19.8 Å². The molecule has 0 atom stereocenters. The summed E-state index contributed by atoms with van der Waals surface area (Å²) in [4.78, 5) is 26.7. The Morgan fingerprint density at radius 3 is 2.62 bits per heavy atom. The van der Waals surface area contributed by atoms with E-state index in [-0.39, 0.29) is 18.0 Å². The lowest BCUT2D eigenvalue weighted by Gasteiger charge is -2.09. The predicted octanol–water partition coefficient (Wildman–Crippen LogP) is 2.81. The molecule has 0 aliphatic carbocycles. The van der Waals surface area contributed by atoms with Crippen LogP contribution in [-0.4, -0.2) is 10.9 Å². The highest BCUT2D eigenvalue weighted by Crippen LogP contribution is 2.18. The zero-order valence-electron chi connectivity index (χ0n) is 13.0. The van der Waals surface area contributed by atoms with Gasteiger partial charge < -0.3 is 10.3 Å². The molecule has 21 heavy (non-hydrogen) atoms. The third-order valence-electron chi connectivity index (χ3n) is 3.46. The van der Waals surface area contributed by atoms with Crippen molar-refractivity contribution in [3.05, 3.63) is 45.2 Å². The molecule has 1 heterocycles. The van der Waals surface area contributed by atoms with Crippen molar-refractivity contribution in [1.29, 1.82) is 0 Å². The first-order valence-electron chi connectivity index (χ1n) is 7.26. The van der Waals surface area contributed by atoms with E-state index in [0.29, 0.717) is 17.9 Å². The molecule has 0 unspecified atom stereocenters. The molecule has 1 aromatic carbocycles. The monoisotopic (exact) mass is 286 g/mol. The van der Waals surface area contributed by atoms with Crippen LogP contribution < -0.4 is 10.9 Å². The van der Waals surface area contributed by atoms with Crippen molar-refractivity contribution >= 4 is 16.8 Å². The Balaban J connectivity index is 2.27. The summed E-state index contributed by atoms with van der Waals surface area (Å²) in [6.07, 6.45) is 0.476. The van der Waals surface area contributed by atoms with Gasteiger partial charge in [0.25, 0.3) is 5.56 Å². The molecular formula is C17H22N2O2. The van der Waals surface area contributed by atoms with E-state index in [1.54, 1.807) is 0 Å². The van der Waals surface area contributed by atoms with Crippen molar-refractivity contribution < 1.29 is 4.79 Å². The second-order valence-corrected chi connectivity index (χ2v) is 6.04. The van der Waals surface area contributed by atoms with E-state index in [1.165, 1.54) is 0 Å². The summed E-state index contributed by atoms with van der Waals surface area (Å²) in [5, 5.41) is 3.83. The van der Waals surface area contributed by atoms with Crippen LogP contribution in [0.25, 0.3) is 10.9 Å². The van der Waals surface area contributed by atoms with Crippen molar-refractivity contribution in [2.24, 2.45) is 5.92 Å². The summed E-state index contributed by atoms with van der Waals surface area (Å²) in [6.45, 7) is 8.28. The molecule has 2 N–H and O–H groups in total. The van der Waals surface area contributed by atoms with Crippen molar-refractivity contribution in [1.82, 2.24) is 10.3 Å². The SMILES string of the molecule is Cc1cc(C)c2cc(CNC(=O)CC(C)C)c(=O)[nH]c2c1. The van der Waals surface area contributed by atoms with Gasteiger partial charge in [-0.05, 0) is 43.0 Å².